The van der Waals surface area contributed by atoms with Gasteiger partial charge in [-0.15, -0.1) is 6.58 Å². The third-order valence-corrected chi connectivity index (χ3v) is 4.83. The number of hydrogen-bond acceptors (Lipinski definition) is 1. The summed E-state index contributed by atoms with van der Waals surface area (Å²) in [5.41, 5.74) is -0.169. The van der Waals surface area contributed by atoms with E-state index >= 15 is 0 Å². The minimum atomic E-state index is -0.169. The highest BCUT2D eigenvalue weighted by Gasteiger charge is 2.40. The first-order valence-corrected chi connectivity index (χ1v) is 8.64. The first-order chi connectivity index (χ1) is 9.46. The predicted molar refractivity (Wildman–Crippen MR) is 91.1 cm³/mol. The topological polar surface area (TPSA) is 9.23 Å². The van der Waals surface area contributed by atoms with Gasteiger partial charge in [-0.25, -0.2) is 0 Å². The molecule has 0 amide bonds. The van der Waals surface area contributed by atoms with Crippen LogP contribution in [0, 0.1) is 17.8 Å². The van der Waals surface area contributed by atoms with E-state index < -0.39 is 0 Å². The van der Waals surface area contributed by atoms with E-state index in [1.807, 2.05) is 7.11 Å². The van der Waals surface area contributed by atoms with Gasteiger partial charge in [-0.2, -0.15) is 0 Å². The lowest BCUT2D eigenvalue weighted by Crippen LogP contribution is -2.45. The molecule has 0 bridgehead atoms. The van der Waals surface area contributed by atoms with Crippen LogP contribution >= 0.6 is 0 Å². The molecule has 0 aliphatic rings. The van der Waals surface area contributed by atoms with E-state index in [1.165, 1.54) is 44.9 Å². The SMILES string of the molecule is C=CC(OC)(C(C)C)C(CCCCCCCC)C(C)C. The molecule has 0 fully saturated rings. The fourth-order valence-electron chi connectivity index (χ4n) is 3.51. The van der Waals surface area contributed by atoms with Crippen molar-refractivity contribution in [1.29, 1.82) is 0 Å². The molecule has 0 aliphatic heterocycles. The Balaban J connectivity index is 4.51. The molecule has 1 nitrogen and oxygen atoms in total. The van der Waals surface area contributed by atoms with Crippen LogP contribution in [-0.2, 0) is 4.74 Å². The van der Waals surface area contributed by atoms with Crippen LogP contribution < -0.4 is 0 Å². The summed E-state index contributed by atoms with van der Waals surface area (Å²) in [7, 11) is 1.85. The van der Waals surface area contributed by atoms with Crippen molar-refractivity contribution in [2.45, 2.75) is 85.2 Å². The third-order valence-electron chi connectivity index (χ3n) is 4.83. The first-order valence-electron chi connectivity index (χ1n) is 8.64. The minimum absolute atomic E-state index is 0.169. The van der Waals surface area contributed by atoms with E-state index in [4.69, 9.17) is 4.74 Å². The molecule has 0 heterocycles. The zero-order chi connectivity index (χ0) is 15.6. The second kappa shape index (κ2) is 10.4. The zero-order valence-electron chi connectivity index (χ0n) is 14.9. The van der Waals surface area contributed by atoms with E-state index in [-0.39, 0.29) is 5.60 Å². The second-order valence-corrected chi connectivity index (χ2v) is 6.82. The average molecular weight is 283 g/mol. The number of unbranched alkanes of at least 4 members (excludes halogenated alkanes) is 5. The summed E-state index contributed by atoms with van der Waals surface area (Å²) in [4.78, 5) is 0. The summed E-state index contributed by atoms with van der Waals surface area (Å²) < 4.78 is 5.95. The smallest absolute Gasteiger partial charge is 0.0909 e. The van der Waals surface area contributed by atoms with E-state index in [0.717, 1.165) is 0 Å². The summed E-state index contributed by atoms with van der Waals surface area (Å²) >= 11 is 0. The summed E-state index contributed by atoms with van der Waals surface area (Å²) in [5.74, 6) is 1.67. The van der Waals surface area contributed by atoms with Crippen LogP contribution in [0.2, 0.25) is 0 Å². The summed E-state index contributed by atoms with van der Waals surface area (Å²) in [5, 5.41) is 0. The second-order valence-electron chi connectivity index (χ2n) is 6.82. The Labute approximate surface area is 128 Å². The zero-order valence-corrected chi connectivity index (χ0v) is 14.9. The van der Waals surface area contributed by atoms with Crippen molar-refractivity contribution in [2.24, 2.45) is 17.8 Å². The van der Waals surface area contributed by atoms with Gasteiger partial charge in [0.05, 0.1) is 5.60 Å². The van der Waals surface area contributed by atoms with E-state index in [0.29, 0.717) is 17.8 Å². The first kappa shape index (κ1) is 19.7. The molecular weight excluding hydrogens is 244 g/mol. The van der Waals surface area contributed by atoms with Gasteiger partial charge in [-0.05, 0) is 24.2 Å². The molecule has 0 radical (unpaired) electrons. The van der Waals surface area contributed by atoms with Gasteiger partial charge >= 0.3 is 0 Å². The van der Waals surface area contributed by atoms with Crippen LogP contribution in [0.3, 0.4) is 0 Å². The molecule has 2 atom stereocenters. The highest BCUT2D eigenvalue weighted by Crippen LogP contribution is 2.39. The number of hydrogen-bond donors (Lipinski definition) is 0. The van der Waals surface area contributed by atoms with E-state index in [9.17, 15) is 0 Å². The van der Waals surface area contributed by atoms with Crippen LogP contribution in [0.1, 0.15) is 79.6 Å². The van der Waals surface area contributed by atoms with Crippen LogP contribution in [0.4, 0.5) is 0 Å². The van der Waals surface area contributed by atoms with Crippen molar-refractivity contribution < 1.29 is 4.74 Å². The average Bonchev–Trinajstić information content (AvgIpc) is 2.41. The molecule has 1 heteroatoms. The van der Waals surface area contributed by atoms with Gasteiger partial charge in [0.15, 0.2) is 0 Å². The maximum Gasteiger partial charge on any atom is 0.0909 e. The molecule has 0 saturated heterocycles. The van der Waals surface area contributed by atoms with E-state index in [2.05, 4.69) is 47.3 Å². The Hall–Kier alpha value is -0.300. The summed E-state index contributed by atoms with van der Waals surface area (Å²) in [6.45, 7) is 15.5. The van der Waals surface area contributed by atoms with Crippen molar-refractivity contribution in [3.63, 3.8) is 0 Å². The lowest BCUT2D eigenvalue weighted by atomic mass is 9.70. The fraction of sp³-hybridized carbons (Fsp3) is 0.895. The lowest BCUT2D eigenvalue weighted by Gasteiger charge is -2.43. The van der Waals surface area contributed by atoms with Gasteiger partial charge in [0.1, 0.15) is 0 Å². The van der Waals surface area contributed by atoms with Crippen molar-refractivity contribution in [3.8, 4) is 0 Å². The Bertz CT molecular complexity index is 244. The molecule has 0 aliphatic carbocycles. The quantitative estimate of drug-likeness (QED) is 0.304. The van der Waals surface area contributed by atoms with Gasteiger partial charge in [0.25, 0.3) is 0 Å². The Morgan fingerprint density at radius 1 is 1.00 bits per heavy atom. The molecular formula is C19H38O. The lowest BCUT2D eigenvalue weighted by molar-refractivity contribution is -0.0710. The van der Waals surface area contributed by atoms with Crippen LogP contribution in [-0.4, -0.2) is 12.7 Å². The monoisotopic (exact) mass is 282 g/mol. The van der Waals surface area contributed by atoms with Gasteiger partial charge in [0.2, 0.25) is 0 Å². The number of methoxy groups -OCH3 is 1. The molecule has 0 N–H and O–H groups in total. The van der Waals surface area contributed by atoms with Crippen molar-refractivity contribution in [2.75, 3.05) is 7.11 Å². The molecule has 120 valence electrons. The summed E-state index contributed by atoms with van der Waals surface area (Å²) in [6.07, 6.45) is 11.5. The largest absolute Gasteiger partial charge is 0.374 e. The normalized spacial score (nSPS) is 16.4. The molecule has 0 rings (SSSR count). The van der Waals surface area contributed by atoms with Crippen molar-refractivity contribution in [1.82, 2.24) is 0 Å². The van der Waals surface area contributed by atoms with Crippen LogP contribution in [0.15, 0.2) is 12.7 Å². The highest BCUT2D eigenvalue weighted by atomic mass is 16.5. The molecule has 0 aromatic heterocycles. The van der Waals surface area contributed by atoms with Crippen molar-refractivity contribution >= 4 is 0 Å². The van der Waals surface area contributed by atoms with Gasteiger partial charge in [-0.1, -0.05) is 79.2 Å². The molecule has 0 aromatic rings. The molecule has 2 unspecified atom stereocenters. The van der Waals surface area contributed by atoms with E-state index in [1.54, 1.807) is 0 Å². The number of ether oxygens (including phenoxy) is 1. The fourth-order valence-corrected chi connectivity index (χ4v) is 3.51. The van der Waals surface area contributed by atoms with Crippen LogP contribution in [0.25, 0.3) is 0 Å². The highest BCUT2D eigenvalue weighted by molar-refractivity contribution is 5.05. The number of rotatable bonds is 12. The Morgan fingerprint density at radius 3 is 1.95 bits per heavy atom. The minimum Gasteiger partial charge on any atom is -0.374 e. The summed E-state index contributed by atoms with van der Waals surface area (Å²) in [6, 6.07) is 0. The Kier molecular flexibility index (Phi) is 10.3. The predicted octanol–water partition coefficient (Wildman–Crippen LogP) is 6.24. The van der Waals surface area contributed by atoms with Gasteiger partial charge in [0, 0.05) is 7.11 Å². The molecule has 0 spiro atoms. The van der Waals surface area contributed by atoms with Crippen LogP contribution in [0.5, 0.6) is 0 Å². The maximum absolute atomic E-state index is 5.95. The third kappa shape index (κ3) is 5.60. The van der Waals surface area contributed by atoms with Crippen molar-refractivity contribution in [3.05, 3.63) is 12.7 Å². The molecule has 0 saturated carbocycles. The van der Waals surface area contributed by atoms with Gasteiger partial charge in [-0.3, -0.25) is 0 Å². The van der Waals surface area contributed by atoms with Gasteiger partial charge < -0.3 is 4.74 Å². The standard InChI is InChI=1S/C19H38O/c1-8-10-11-12-13-14-15-18(16(3)4)19(9-2,20-7)17(5)6/h9,16-18H,2,8,10-15H2,1,3-7H3. The molecule has 20 heavy (non-hydrogen) atoms. The Morgan fingerprint density at radius 2 is 1.55 bits per heavy atom. The maximum atomic E-state index is 5.95. The molecule has 0 aromatic carbocycles.